The lowest BCUT2D eigenvalue weighted by molar-refractivity contribution is 0.302. The van der Waals surface area contributed by atoms with Crippen LogP contribution in [0.3, 0.4) is 0 Å². The van der Waals surface area contributed by atoms with Gasteiger partial charge in [-0.25, -0.2) is 4.39 Å². The monoisotopic (exact) mass is 492 g/mol. The van der Waals surface area contributed by atoms with Crippen molar-refractivity contribution in [2.24, 2.45) is 0 Å². The molecule has 5 rings (SSSR count). The average molecular weight is 493 g/mol. The number of rotatable bonds is 6. The smallest absolute Gasteiger partial charge is 0.170 e. The molecule has 0 radical (unpaired) electrons. The van der Waals surface area contributed by atoms with E-state index in [1.807, 2.05) is 59.3 Å². The third kappa shape index (κ3) is 4.24. The second-order valence-corrected chi connectivity index (χ2v) is 8.80. The second kappa shape index (κ2) is 9.44. The molecule has 172 valence electrons. The molecule has 1 saturated heterocycles. The van der Waals surface area contributed by atoms with Crippen LogP contribution < -0.4 is 10.1 Å². The van der Waals surface area contributed by atoms with Gasteiger partial charge < -0.3 is 19.5 Å². The third-order valence-electron chi connectivity index (χ3n) is 5.97. The Labute approximate surface area is 207 Å². The van der Waals surface area contributed by atoms with E-state index in [-0.39, 0.29) is 17.1 Å². The maximum absolute atomic E-state index is 13.8. The van der Waals surface area contributed by atoms with E-state index in [2.05, 4.69) is 21.3 Å². The molecule has 1 N–H and O–H groups in total. The van der Waals surface area contributed by atoms with Crippen molar-refractivity contribution in [3.05, 3.63) is 113 Å². The Kier molecular flexibility index (Phi) is 6.22. The van der Waals surface area contributed by atoms with Gasteiger partial charge in [-0.2, -0.15) is 0 Å². The van der Waals surface area contributed by atoms with Gasteiger partial charge in [-0.05, 0) is 72.4 Å². The van der Waals surface area contributed by atoms with E-state index in [1.54, 1.807) is 25.4 Å². The standard InChI is InChI=1S/C26H22ClFN4OS/c1-33-19-10-7-17(8-11-19)16-32-25(24(30-26(32)34)22-5-2-3-13-29-22)23-6-4-14-31(23)18-9-12-21(28)20(27)15-18/h2-15,24-25H,16H2,1H3,(H,30,34)/t24-,25-/m1/s1. The van der Waals surface area contributed by atoms with Gasteiger partial charge in [0.15, 0.2) is 5.11 Å². The van der Waals surface area contributed by atoms with Gasteiger partial charge >= 0.3 is 0 Å². The van der Waals surface area contributed by atoms with Crippen molar-refractivity contribution in [2.45, 2.75) is 18.6 Å². The van der Waals surface area contributed by atoms with E-state index in [9.17, 15) is 4.39 Å². The van der Waals surface area contributed by atoms with Crippen molar-refractivity contribution >= 4 is 28.9 Å². The first-order valence-electron chi connectivity index (χ1n) is 10.8. The van der Waals surface area contributed by atoms with Gasteiger partial charge in [0.2, 0.25) is 0 Å². The molecule has 34 heavy (non-hydrogen) atoms. The number of halogens is 2. The largest absolute Gasteiger partial charge is 0.497 e. The first kappa shape index (κ1) is 22.4. The first-order valence-corrected chi connectivity index (χ1v) is 11.6. The summed E-state index contributed by atoms with van der Waals surface area (Å²) < 4.78 is 21.2. The lowest BCUT2D eigenvalue weighted by atomic mass is 10.0. The SMILES string of the molecule is COc1ccc(CN2C(=S)N[C@H](c3ccccn3)[C@H]2c2cccn2-c2ccc(F)c(Cl)c2)cc1. The maximum atomic E-state index is 13.8. The Balaban J connectivity index is 1.58. The summed E-state index contributed by atoms with van der Waals surface area (Å²) in [6.45, 7) is 0.596. The van der Waals surface area contributed by atoms with Gasteiger partial charge in [0.1, 0.15) is 11.6 Å². The number of ether oxygens (including phenoxy) is 1. The molecule has 5 nitrogen and oxygen atoms in total. The van der Waals surface area contributed by atoms with Crippen LogP contribution in [0.5, 0.6) is 5.75 Å². The normalized spacial score (nSPS) is 17.6. The van der Waals surface area contributed by atoms with Crippen LogP contribution in [-0.2, 0) is 6.54 Å². The lowest BCUT2D eigenvalue weighted by Crippen LogP contribution is -2.30. The minimum Gasteiger partial charge on any atom is -0.497 e. The van der Waals surface area contributed by atoms with Gasteiger partial charge in [-0.15, -0.1) is 0 Å². The molecule has 2 aromatic carbocycles. The Hall–Kier alpha value is -3.42. The van der Waals surface area contributed by atoms with Gasteiger partial charge in [0, 0.05) is 30.3 Å². The lowest BCUT2D eigenvalue weighted by Gasteiger charge is -2.29. The molecule has 1 aliphatic rings. The van der Waals surface area contributed by atoms with E-state index in [1.165, 1.54) is 6.07 Å². The summed E-state index contributed by atoms with van der Waals surface area (Å²) in [6.07, 6.45) is 3.73. The predicted octanol–water partition coefficient (Wildman–Crippen LogP) is 5.85. The Morgan fingerprint density at radius 3 is 2.62 bits per heavy atom. The highest BCUT2D eigenvalue weighted by atomic mass is 35.5. The highest BCUT2D eigenvalue weighted by molar-refractivity contribution is 7.80. The van der Waals surface area contributed by atoms with Crippen LogP contribution in [0.2, 0.25) is 5.02 Å². The van der Waals surface area contributed by atoms with Gasteiger partial charge in [0.05, 0.1) is 29.9 Å². The summed E-state index contributed by atoms with van der Waals surface area (Å²) in [5.41, 5.74) is 3.74. The first-order chi connectivity index (χ1) is 16.5. The molecule has 8 heteroatoms. The molecule has 4 aromatic rings. The number of nitrogens with one attached hydrogen (secondary N) is 1. The highest BCUT2D eigenvalue weighted by Crippen LogP contribution is 2.40. The zero-order chi connectivity index (χ0) is 23.7. The third-order valence-corrected chi connectivity index (χ3v) is 6.62. The fraction of sp³-hybridized carbons (Fsp3) is 0.154. The van der Waals surface area contributed by atoms with E-state index in [4.69, 9.17) is 28.6 Å². The highest BCUT2D eigenvalue weighted by Gasteiger charge is 2.41. The number of thiocarbonyl (C=S) groups is 1. The second-order valence-electron chi connectivity index (χ2n) is 8.00. The molecule has 0 bridgehead atoms. The molecule has 1 fully saturated rings. The Morgan fingerprint density at radius 1 is 1.09 bits per heavy atom. The van der Waals surface area contributed by atoms with Crippen molar-refractivity contribution in [2.75, 3.05) is 7.11 Å². The van der Waals surface area contributed by atoms with E-state index >= 15 is 0 Å². The molecular formula is C26H22ClFN4OS. The van der Waals surface area contributed by atoms with Crippen molar-refractivity contribution in [1.82, 2.24) is 19.8 Å². The summed E-state index contributed by atoms with van der Waals surface area (Å²) in [6, 6.07) is 22.2. The van der Waals surface area contributed by atoms with Gasteiger partial charge in [-0.1, -0.05) is 29.8 Å². The summed E-state index contributed by atoms with van der Waals surface area (Å²) in [5.74, 6) is 0.353. The zero-order valence-corrected chi connectivity index (χ0v) is 19.9. The van der Waals surface area contributed by atoms with Gasteiger partial charge in [0.25, 0.3) is 0 Å². The Bertz CT molecular complexity index is 1310. The number of hydrogen-bond acceptors (Lipinski definition) is 3. The maximum Gasteiger partial charge on any atom is 0.170 e. The van der Waals surface area contributed by atoms with E-state index < -0.39 is 5.82 Å². The van der Waals surface area contributed by atoms with Crippen molar-refractivity contribution in [3.63, 3.8) is 0 Å². The quantitative estimate of drug-likeness (QED) is 0.342. The number of pyridine rings is 1. The molecule has 0 unspecified atom stereocenters. The minimum absolute atomic E-state index is 0.0774. The van der Waals surface area contributed by atoms with Crippen LogP contribution >= 0.6 is 23.8 Å². The molecular weight excluding hydrogens is 471 g/mol. The number of hydrogen-bond donors (Lipinski definition) is 1. The number of methoxy groups -OCH3 is 1. The molecule has 2 atom stereocenters. The number of nitrogens with zero attached hydrogens (tertiary/aromatic N) is 3. The average Bonchev–Trinajstić information content (AvgIpc) is 3.46. The van der Waals surface area contributed by atoms with Crippen molar-refractivity contribution in [3.8, 4) is 11.4 Å². The molecule has 2 aromatic heterocycles. The van der Waals surface area contributed by atoms with Crippen molar-refractivity contribution < 1.29 is 9.13 Å². The summed E-state index contributed by atoms with van der Waals surface area (Å²) in [4.78, 5) is 6.76. The molecule has 3 heterocycles. The molecule has 0 aliphatic carbocycles. The number of aromatic nitrogens is 2. The number of benzene rings is 2. The zero-order valence-electron chi connectivity index (χ0n) is 18.4. The van der Waals surface area contributed by atoms with Crippen LogP contribution in [-0.4, -0.2) is 26.7 Å². The van der Waals surface area contributed by atoms with Crippen molar-refractivity contribution in [1.29, 1.82) is 0 Å². The van der Waals surface area contributed by atoms with Crippen LogP contribution in [0.15, 0.2) is 85.2 Å². The molecule has 0 spiro atoms. The van der Waals surface area contributed by atoms with Crippen LogP contribution in [0.4, 0.5) is 4.39 Å². The fourth-order valence-corrected chi connectivity index (χ4v) is 4.81. The van der Waals surface area contributed by atoms with E-state index in [0.29, 0.717) is 11.7 Å². The summed E-state index contributed by atoms with van der Waals surface area (Å²) in [5, 5.41) is 4.19. The molecule has 0 saturated carbocycles. The summed E-state index contributed by atoms with van der Waals surface area (Å²) in [7, 11) is 1.65. The van der Waals surface area contributed by atoms with E-state index in [0.717, 1.165) is 28.4 Å². The minimum atomic E-state index is -0.449. The van der Waals surface area contributed by atoms with Crippen LogP contribution in [0.25, 0.3) is 5.69 Å². The molecule has 1 aliphatic heterocycles. The topological polar surface area (TPSA) is 42.3 Å². The Morgan fingerprint density at radius 2 is 1.91 bits per heavy atom. The van der Waals surface area contributed by atoms with Crippen LogP contribution in [0.1, 0.15) is 29.0 Å². The van der Waals surface area contributed by atoms with Gasteiger partial charge in [-0.3, -0.25) is 4.98 Å². The fourth-order valence-electron chi connectivity index (χ4n) is 4.33. The molecule has 0 amide bonds. The summed E-state index contributed by atoms with van der Waals surface area (Å²) >= 11 is 11.9. The van der Waals surface area contributed by atoms with Crippen LogP contribution in [0, 0.1) is 5.82 Å². The predicted molar refractivity (Wildman–Crippen MR) is 135 cm³/mol.